The number of nitrogens with one attached hydrogen (secondary N) is 1. The lowest BCUT2D eigenvalue weighted by molar-refractivity contribution is 0.233. The average Bonchev–Trinajstić information content (AvgIpc) is 2.31. The van der Waals surface area contributed by atoms with E-state index in [0.717, 1.165) is 19.6 Å². The Hall–Kier alpha value is -0.510. The third kappa shape index (κ3) is 3.23. The molecule has 0 amide bonds. The number of benzene rings is 1. The minimum Gasteiger partial charge on any atom is -0.314 e. The molecule has 0 atom stereocenters. The predicted molar refractivity (Wildman–Crippen MR) is 66.4 cm³/mol. The minimum atomic E-state index is 1.09. The van der Waals surface area contributed by atoms with Crippen LogP contribution < -0.4 is 5.32 Å². The number of hydrogen-bond donors (Lipinski definition) is 1. The maximum Gasteiger partial charge on any atom is 0.0234 e. The molecule has 1 N–H and O–H groups in total. The van der Waals surface area contributed by atoms with E-state index in [4.69, 9.17) is 0 Å². The number of nitrogens with zero attached hydrogens (tertiary/aromatic N) is 1. The molecule has 1 saturated heterocycles. The molecule has 2 nitrogen and oxygen atoms in total. The fourth-order valence-electron chi connectivity index (χ4n) is 1.86. The third-order valence-electron chi connectivity index (χ3n) is 2.77. The summed E-state index contributed by atoms with van der Waals surface area (Å²) in [6.45, 7) is 5.69. The lowest BCUT2D eigenvalue weighted by atomic mass is 10.2. The van der Waals surface area contributed by atoms with Crippen LogP contribution in [0.2, 0.25) is 0 Å². The smallest absolute Gasteiger partial charge is 0.0234 e. The third-order valence-corrected chi connectivity index (χ3v) is 3.52. The van der Waals surface area contributed by atoms with Crippen LogP contribution in [0.4, 0.5) is 0 Å². The molecule has 0 unspecified atom stereocenters. The van der Waals surface area contributed by atoms with Gasteiger partial charge < -0.3 is 5.32 Å². The summed E-state index contributed by atoms with van der Waals surface area (Å²) in [6.07, 6.45) is 2.12. The molecule has 1 aromatic rings. The zero-order valence-electron chi connectivity index (χ0n) is 9.20. The summed E-state index contributed by atoms with van der Waals surface area (Å²) < 4.78 is 0. The summed E-state index contributed by atoms with van der Waals surface area (Å²) in [5.41, 5.74) is 1.43. The maximum atomic E-state index is 3.37. The average molecular weight is 222 g/mol. The Morgan fingerprint density at radius 1 is 1.20 bits per heavy atom. The molecule has 0 aliphatic carbocycles. The van der Waals surface area contributed by atoms with Crippen LogP contribution in [-0.2, 0) is 6.54 Å². The van der Waals surface area contributed by atoms with Crippen LogP contribution in [0.1, 0.15) is 5.56 Å². The number of hydrogen-bond acceptors (Lipinski definition) is 3. The first-order valence-electron chi connectivity index (χ1n) is 5.44. The zero-order valence-corrected chi connectivity index (χ0v) is 10.0. The van der Waals surface area contributed by atoms with Crippen LogP contribution in [0, 0.1) is 0 Å². The topological polar surface area (TPSA) is 15.3 Å². The zero-order chi connectivity index (χ0) is 10.5. The van der Waals surface area contributed by atoms with Gasteiger partial charge in [-0.2, -0.15) is 0 Å². The first kappa shape index (κ1) is 11.0. The van der Waals surface area contributed by atoms with E-state index in [-0.39, 0.29) is 0 Å². The van der Waals surface area contributed by atoms with Gasteiger partial charge in [0.1, 0.15) is 0 Å². The fraction of sp³-hybridized carbons (Fsp3) is 0.500. The molecule has 0 spiro atoms. The van der Waals surface area contributed by atoms with Crippen LogP contribution in [0.15, 0.2) is 29.2 Å². The van der Waals surface area contributed by atoms with E-state index in [2.05, 4.69) is 40.7 Å². The molecule has 1 aromatic carbocycles. The summed E-state index contributed by atoms with van der Waals surface area (Å²) in [7, 11) is 0. The summed E-state index contributed by atoms with van der Waals surface area (Å²) >= 11 is 1.80. The highest BCUT2D eigenvalue weighted by atomic mass is 32.2. The summed E-state index contributed by atoms with van der Waals surface area (Å²) in [4.78, 5) is 3.85. The molecule has 82 valence electrons. The van der Waals surface area contributed by atoms with E-state index in [1.165, 1.54) is 23.5 Å². The summed E-state index contributed by atoms with van der Waals surface area (Å²) in [5, 5.41) is 3.37. The van der Waals surface area contributed by atoms with Crippen molar-refractivity contribution >= 4 is 11.8 Å². The van der Waals surface area contributed by atoms with E-state index >= 15 is 0 Å². The first-order valence-corrected chi connectivity index (χ1v) is 6.67. The highest BCUT2D eigenvalue weighted by Crippen LogP contribution is 2.15. The number of piperazine rings is 1. The Morgan fingerprint density at radius 2 is 1.87 bits per heavy atom. The van der Waals surface area contributed by atoms with E-state index in [1.807, 2.05) is 0 Å². The van der Waals surface area contributed by atoms with Crippen molar-refractivity contribution in [1.29, 1.82) is 0 Å². The largest absolute Gasteiger partial charge is 0.314 e. The Labute approximate surface area is 96.0 Å². The van der Waals surface area contributed by atoms with Gasteiger partial charge in [-0.15, -0.1) is 11.8 Å². The Balaban J connectivity index is 1.91. The lowest BCUT2D eigenvalue weighted by Crippen LogP contribution is -2.42. The Morgan fingerprint density at radius 3 is 2.47 bits per heavy atom. The van der Waals surface area contributed by atoms with Gasteiger partial charge >= 0.3 is 0 Å². The van der Waals surface area contributed by atoms with Gasteiger partial charge in [0.15, 0.2) is 0 Å². The first-order chi connectivity index (χ1) is 7.38. The molecule has 1 fully saturated rings. The molecule has 15 heavy (non-hydrogen) atoms. The van der Waals surface area contributed by atoms with Gasteiger partial charge in [0.25, 0.3) is 0 Å². The van der Waals surface area contributed by atoms with E-state index in [0.29, 0.717) is 0 Å². The molecular formula is C12H18N2S. The maximum absolute atomic E-state index is 3.37. The highest BCUT2D eigenvalue weighted by molar-refractivity contribution is 7.98. The quantitative estimate of drug-likeness (QED) is 0.785. The molecule has 0 aromatic heterocycles. The number of rotatable bonds is 3. The van der Waals surface area contributed by atoms with Gasteiger partial charge in [-0.1, -0.05) is 12.1 Å². The number of thioether (sulfide) groups is 1. The second kappa shape index (κ2) is 5.54. The molecule has 0 bridgehead atoms. The van der Waals surface area contributed by atoms with Gasteiger partial charge in [0.05, 0.1) is 0 Å². The fourth-order valence-corrected chi connectivity index (χ4v) is 2.27. The van der Waals surface area contributed by atoms with Crippen LogP contribution in [0.3, 0.4) is 0 Å². The van der Waals surface area contributed by atoms with Crippen molar-refractivity contribution in [3.05, 3.63) is 29.8 Å². The van der Waals surface area contributed by atoms with E-state index in [9.17, 15) is 0 Å². The normalized spacial score (nSPS) is 17.9. The Bertz CT molecular complexity index is 291. The van der Waals surface area contributed by atoms with Crippen molar-refractivity contribution in [1.82, 2.24) is 10.2 Å². The van der Waals surface area contributed by atoms with Crippen LogP contribution in [0.5, 0.6) is 0 Å². The minimum absolute atomic E-state index is 1.09. The van der Waals surface area contributed by atoms with Crippen molar-refractivity contribution in [3.8, 4) is 0 Å². The lowest BCUT2D eigenvalue weighted by Gasteiger charge is -2.27. The van der Waals surface area contributed by atoms with E-state index in [1.54, 1.807) is 11.8 Å². The second-order valence-electron chi connectivity index (χ2n) is 3.87. The standard InChI is InChI=1S/C12H18N2S/c1-15-12-4-2-11(3-5-12)10-14-8-6-13-7-9-14/h2-5,13H,6-10H2,1H3. The Kier molecular flexibility index (Phi) is 4.06. The van der Waals surface area contributed by atoms with E-state index < -0.39 is 0 Å². The molecule has 1 heterocycles. The van der Waals surface area contributed by atoms with Gasteiger partial charge in [-0.05, 0) is 24.0 Å². The van der Waals surface area contributed by atoms with Crippen molar-refractivity contribution in [3.63, 3.8) is 0 Å². The van der Waals surface area contributed by atoms with Crippen molar-refractivity contribution < 1.29 is 0 Å². The molecule has 1 aliphatic rings. The van der Waals surface area contributed by atoms with Crippen molar-refractivity contribution in [2.75, 3.05) is 32.4 Å². The SMILES string of the molecule is CSc1ccc(CN2CCNCC2)cc1. The predicted octanol–water partition coefficient (Wildman–Crippen LogP) is 1.81. The van der Waals surface area contributed by atoms with Gasteiger partial charge in [-0.3, -0.25) is 4.90 Å². The van der Waals surface area contributed by atoms with Crippen LogP contribution >= 0.6 is 11.8 Å². The second-order valence-corrected chi connectivity index (χ2v) is 4.75. The molecule has 0 radical (unpaired) electrons. The molecule has 0 saturated carbocycles. The van der Waals surface area contributed by atoms with Crippen LogP contribution in [0.25, 0.3) is 0 Å². The van der Waals surface area contributed by atoms with Crippen LogP contribution in [-0.4, -0.2) is 37.3 Å². The molecule has 2 rings (SSSR count). The summed E-state index contributed by atoms with van der Waals surface area (Å²) in [6, 6.07) is 8.91. The van der Waals surface area contributed by atoms with Gasteiger partial charge in [0.2, 0.25) is 0 Å². The molecule has 1 aliphatic heterocycles. The highest BCUT2D eigenvalue weighted by Gasteiger charge is 2.09. The monoisotopic (exact) mass is 222 g/mol. The summed E-state index contributed by atoms with van der Waals surface area (Å²) in [5.74, 6) is 0. The van der Waals surface area contributed by atoms with Gasteiger partial charge in [0, 0.05) is 37.6 Å². The van der Waals surface area contributed by atoms with Crippen molar-refractivity contribution in [2.24, 2.45) is 0 Å². The van der Waals surface area contributed by atoms with Crippen molar-refractivity contribution in [2.45, 2.75) is 11.4 Å². The van der Waals surface area contributed by atoms with Gasteiger partial charge in [-0.25, -0.2) is 0 Å². The molecular weight excluding hydrogens is 204 g/mol. The molecule has 3 heteroatoms.